The number of piperidine rings is 1. The molecule has 3 nitrogen and oxygen atoms in total. The van der Waals surface area contributed by atoms with Crippen LogP contribution >= 0.6 is 23.2 Å². The third-order valence-electron chi connectivity index (χ3n) is 4.95. The maximum absolute atomic E-state index is 13.9. The van der Waals surface area contributed by atoms with Gasteiger partial charge in [0, 0.05) is 23.0 Å². The van der Waals surface area contributed by atoms with Gasteiger partial charge >= 0.3 is 6.18 Å². The van der Waals surface area contributed by atoms with Crippen molar-refractivity contribution in [3.05, 3.63) is 63.4 Å². The fraction of sp³-hybridized carbons (Fsp3) is 0.350. The summed E-state index contributed by atoms with van der Waals surface area (Å²) in [5, 5.41) is 2.90. The first-order valence-electron chi connectivity index (χ1n) is 8.98. The van der Waals surface area contributed by atoms with Gasteiger partial charge in [0.1, 0.15) is 5.82 Å². The molecule has 0 spiro atoms. The number of carbonyl (C=O) groups is 1. The molecule has 29 heavy (non-hydrogen) atoms. The second-order valence-corrected chi connectivity index (χ2v) is 7.75. The van der Waals surface area contributed by atoms with Crippen molar-refractivity contribution in [1.82, 2.24) is 4.90 Å². The number of carbonyl (C=O) groups excluding carboxylic acids is 1. The molecule has 1 amide bonds. The highest BCUT2D eigenvalue weighted by Gasteiger charge is 2.32. The van der Waals surface area contributed by atoms with Crippen molar-refractivity contribution < 1.29 is 22.4 Å². The standard InChI is InChI=1S/C20H18Cl2F4N2O/c21-15-2-1-3-17(23)14(15)11-28-8-6-12(7-9-28)19(29)27-18-10-13(20(24,25)26)4-5-16(18)22/h1-5,10,12H,6-9,11H2,(H,27,29). The summed E-state index contributed by atoms with van der Waals surface area (Å²) < 4.78 is 52.6. The lowest BCUT2D eigenvalue weighted by molar-refractivity contribution is -0.137. The number of halogens is 6. The number of rotatable bonds is 4. The molecule has 3 rings (SSSR count). The molecule has 1 fully saturated rings. The van der Waals surface area contributed by atoms with E-state index in [0.29, 0.717) is 43.1 Å². The van der Waals surface area contributed by atoms with Crippen LogP contribution in [0.25, 0.3) is 0 Å². The van der Waals surface area contributed by atoms with Crippen LogP contribution in [-0.4, -0.2) is 23.9 Å². The van der Waals surface area contributed by atoms with Crippen LogP contribution < -0.4 is 5.32 Å². The van der Waals surface area contributed by atoms with Crippen molar-refractivity contribution in [3.63, 3.8) is 0 Å². The third-order valence-corrected chi connectivity index (χ3v) is 5.64. The molecule has 0 aliphatic carbocycles. The molecular formula is C20H18Cl2F4N2O. The number of amides is 1. The normalized spacial score (nSPS) is 16.1. The average Bonchev–Trinajstić information content (AvgIpc) is 2.66. The summed E-state index contributed by atoms with van der Waals surface area (Å²) in [6.45, 7) is 1.41. The zero-order chi connectivity index (χ0) is 21.2. The van der Waals surface area contributed by atoms with Gasteiger partial charge in [-0.15, -0.1) is 0 Å². The van der Waals surface area contributed by atoms with E-state index >= 15 is 0 Å². The molecule has 2 aromatic carbocycles. The van der Waals surface area contributed by atoms with Crippen molar-refractivity contribution >= 4 is 34.8 Å². The number of hydrogen-bond acceptors (Lipinski definition) is 2. The number of anilines is 1. The van der Waals surface area contributed by atoms with Gasteiger partial charge in [-0.25, -0.2) is 4.39 Å². The molecule has 156 valence electrons. The molecule has 1 aliphatic rings. The summed E-state index contributed by atoms with van der Waals surface area (Å²) in [4.78, 5) is 14.5. The summed E-state index contributed by atoms with van der Waals surface area (Å²) in [6.07, 6.45) is -3.54. The van der Waals surface area contributed by atoms with Crippen molar-refractivity contribution in [2.24, 2.45) is 5.92 Å². The Labute approximate surface area is 175 Å². The zero-order valence-corrected chi connectivity index (χ0v) is 16.7. The number of nitrogens with zero attached hydrogens (tertiary/aromatic N) is 1. The fourth-order valence-corrected chi connectivity index (χ4v) is 3.68. The maximum Gasteiger partial charge on any atom is 0.416 e. The van der Waals surface area contributed by atoms with Crippen LogP contribution in [0.4, 0.5) is 23.2 Å². The van der Waals surface area contributed by atoms with Crippen LogP contribution in [0.2, 0.25) is 10.0 Å². The molecule has 0 radical (unpaired) electrons. The fourth-order valence-electron chi connectivity index (χ4n) is 3.29. The predicted molar refractivity (Wildman–Crippen MR) is 104 cm³/mol. The van der Waals surface area contributed by atoms with Gasteiger partial charge < -0.3 is 5.32 Å². The van der Waals surface area contributed by atoms with Crippen LogP contribution in [0.3, 0.4) is 0 Å². The molecule has 0 saturated carbocycles. The molecule has 0 aromatic heterocycles. The highest BCUT2D eigenvalue weighted by atomic mass is 35.5. The van der Waals surface area contributed by atoms with Gasteiger partial charge in [-0.1, -0.05) is 29.3 Å². The first-order chi connectivity index (χ1) is 13.6. The minimum Gasteiger partial charge on any atom is -0.325 e. The Hall–Kier alpha value is -1.83. The Morgan fingerprint density at radius 3 is 2.41 bits per heavy atom. The average molecular weight is 449 g/mol. The molecule has 9 heteroatoms. The smallest absolute Gasteiger partial charge is 0.325 e. The van der Waals surface area contributed by atoms with Crippen LogP contribution in [0.1, 0.15) is 24.0 Å². The van der Waals surface area contributed by atoms with Gasteiger partial charge in [0.15, 0.2) is 0 Å². The van der Waals surface area contributed by atoms with E-state index in [-0.39, 0.29) is 28.4 Å². The Balaban J connectivity index is 1.59. The number of likely N-dealkylation sites (tertiary alicyclic amines) is 1. The topological polar surface area (TPSA) is 32.3 Å². The van der Waals surface area contributed by atoms with Crippen molar-refractivity contribution in [2.75, 3.05) is 18.4 Å². The Morgan fingerprint density at radius 2 is 1.79 bits per heavy atom. The van der Waals surface area contributed by atoms with E-state index < -0.39 is 11.7 Å². The van der Waals surface area contributed by atoms with E-state index in [1.165, 1.54) is 12.1 Å². The number of nitrogens with one attached hydrogen (secondary N) is 1. The van der Waals surface area contributed by atoms with E-state index in [1.807, 2.05) is 4.90 Å². The summed E-state index contributed by atoms with van der Waals surface area (Å²) >= 11 is 12.0. The van der Waals surface area contributed by atoms with E-state index in [9.17, 15) is 22.4 Å². The van der Waals surface area contributed by atoms with Gasteiger partial charge in [0.05, 0.1) is 16.3 Å². The lowest BCUT2D eigenvalue weighted by Crippen LogP contribution is -2.38. The minimum absolute atomic E-state index is 0.0398. The van der Waals surface area contributed by atoms with Crippen LogP contribution in [0, 0.1) is 11.7 Å². The number of alkyl halides is 3. The molecule has 1 heterocycles. The van der Waals surface area contributed by atoms with Gasteiger partial charge in [0.2, 0.25) is 5.91 Å². The van der Waals surface area contributed by atoms with Gasteiger partial charge in [0.25, 0.3) is 0 Å². The largest absolute Gasteiger partial charge is 0.416 e. The molecule has 0 unspecified atom stereocenters. The first-order valence-corrected chi connectivity index (χ1v) is 9.73. The maximum atomic E-state index is 13.9. The second-order valence-electron chi connectivity index (χ2n) is 6.93. The van der Waals surface area contributed by atoms with Gasteiger partial charge in [-0.2, -0.15) is 13.2 Å². The summed E-state index contributed by atoms with van der Waals surface area (Å²) in [7, 11) is 0. The lowest BCUT2D eigenvalue weighted by atomic mass is 9.95. The second kappa shape index (κ2) is 8.90. The van der Waals surface area contributed by atoms with E-state index in [0.717, 1.165) is 18.2 Å². The van der Waals surface area contributed by atoms with Crippen molar-refractivity contribution in [3.8, 4) is 0 Å². The van der Waals surface area contributed by atoms with Crippen LogP contribution in [0.5, 0.6) is 0 Å². The van der Waals surface area contributed by atoms with Crippen molar-refractivity contribution in [2.45, 2.75) is 25.6 Å². The molecule has 2 aromatic rings. The summed E-state index contributed by atoms with van der Waals surface area (Å²) in [5.74, 6) is -1.13. The molecule has 0 bridgehead atoms. The van der Waals surface area contributed by atoms with E-state index in [1.54, 1.807) is 6.07 Å². The Kier molecular flexibility index (Phi) is 6.71. The first kappa shape index (κ1) is 21.9. The summed E-state index contributed by atoms with van der Waals surface area (Å²) in [5.41, 5.74) is -0.534. The van der Waals surface area contributed by atoms with Gasteiger partial charge in [-0.3, -0.25) is 9.69 Å². The Morgan fingerprint density at radius 1 is 1.10 bits per heavy atom. The predicted octanol–water partition coefficient (Wildman–Crippen LogP) is 6.00. The zero-order valence-electron chi connectivity index (χ0n) is 15.2. The highest BCUT2D eigenvalue weighted by Crippen LogP contribution is 2.34. The number of benzene rings is 2. The van der Waals surface area contributed by atoms with Crippen molar-refractivity contribution in [1.29, 1.82) is 0 Å². The molecule has 1 saturated heterocycles. The number of hydrogen-bond donors (Lipinski definition) is 1. The molecule has 0 atom stereocenters. The Bertz CT molecular complexity index is 876. The van der Waals surface area contributed by atoms with E-state index in [4.69, 9.17) is 23.2 Å². The quantitative estimate of drug-likeness (QED) is 0.581. The van der Waals surface area contributed by atoms with Gasteiger partial charge in [-0.05, 0) is 56.3 Å². The monoisotopic (exact) mass is 448 g/mol. The van der Waals surface area contributed by atoms with Crippen LogP contribution in [-0.2, 0) is 17.5 Å². The highest BCUT2D eigenvalue weighted by molar-refractivity contribution is 6.33. The molecule has 1 N–H and O–H groups in total. The SMILES string of the molecule is O=C(Nc1cc(C(F)(F)F)ccc1Cl)C1CCN(Cc2c(F)cccc2Cl)CC1. The third kappa shape index (κ3) is 5.41. The minimum atomic E-state index is -4.52. The molecular weight excluding hydrogens is 431 g/mol. The van der Waals surface area contributed by atoms with E-state index in [2.05, 4.69) is 5.32 Å². The van der Waals surface area contributed by atoms with Crippen LogP contribution in [0.15, 0.2) is 36.4 Å². The molecule has 1 aliphatic heterocycles. The lowest BCUT2D eigenvalue weighted by Gasteiger charge is -2.31. The summed E-state index contributed by atoms with van der Waals surface area (Å²) in [6, 6.07) is 7.32.